The van der Waals surface area contributed by atoms with Crippen molar-refractivity contribution in [2.75, 3.05) is 39.3 Å². The Bertz CT molecular complexity index is 1130. The molecule has 2 unspecified atom stereocenters. The van der Waals surface area contributed by atoms with Crippen LogP contribution in [0.5, 0.6) is 0 Å². The second kappa shape index (κ2) is 12.7. The van der Waals surface area contributed by atoms with E-state index in [0.29, 0.717) is 26.2 Å². The zero-order valence-electron chi connectivity index (χ0n) is 22.3. The topological polar surface area (TPSA) is 146 Å². The molecule has 13 nitrogen and oxygen atoms in total. The molecule has 0 radical (unpaired) electrons. The molecule has 4 aliphatic rings. The summed E-state index contributed by atoms with van der Waals surface area (Å²) < 4.78 is 0. The molecule has 0 amide bonds. The molecular formula is C27H34N12O. The van der Waals surface area contributed by atoms with E-state index < -0.39 is 24.4 Å². The Kier molecular flexibility index (Phi) is 8.42. The lowest BCUT2D eigenvalue weighted by atomic mass is 9.84. The first-order valence-corrected chi connectivity index (χ1v) is 13.9. The molecule has 0 spiro atoms. The van der Waals surface area contributed by atoms with E-state index in [9.17, 15) is 4.79 Å². The van der Waals surface area contributed by atoms with E-state index in [1.54, 1.807) is 0 Å². The van der Waals surface area contributed by atoms with Crippen molar-refractivity contribution in [2.24, 2.45) is 41.4 Å². The third kappa shape index (κ3) is 6.22. The summed E-state index contributed by atoms with van der Waals surface area (Å²) in [5.41, 5.74) is 2.37. The summed E-state index contributed by atoms with van der Waals surface area (Å²) in [4.78, 5) is 19.4. The van der Waals surface area contributed by atoms with Crippen LogP contribution >= 0.6 is 0 Å². The van der Waals surface area contributed by atoms with Crippen LogP contribution in [0.3, 0.4) is 0 Å². The van der Waals surface area contributed by atoms with E-state index in [4.69, 9.17) is 0 Å². The lowest BCUT2D eigenvalue weighted by molar-refractivity contribution is -0.134. The molecule has 4 aliphatic heterocycles. The number of piperazine rings is 2. The van der Waals surface area contributed by atoms with Crippen molar-refractivity contribution in [2.45, 2.75) is 49.3 Å². The van der Waals surface area contributed by atoms with Crippen LogP contribution in [0, 0.1) is 0 Å². The Balaban J connectivity index is 1.32. The van der Waals surface area contributed by atoms with Gasteiger partial charge in [-0.05, 0) is 44.9 Å². The van der Waals surface area contributed by atoms with Crippen LogP contribution in [-0.2, 0) is 17.6 Å². The summed E-state index contributed by atoms with van der Waals surface area (Å²) in [6.07, 6.45) is 0.669. The maximum atomic E-state index is 14.9. The number of carbonyl (C=O) groups is 1. The number of hydrogen-bond acceptors (Lipinski definition) is 13. The molecule has 2 aromatic carbocycles. The summed E-state index contributed by atoms with van der Waals surface area (Å²) in [7, 11) is 0. The van der Waals surface area contributed by atoms with Gasteiger partial charge in [0.25, 0.3) is 0 Å². The second-order valence-corrected chi connectivity index (χ2v) is 10.6. The van der Waals surface area contributed by atoms with E-state index in [1.807, 2.05) is 36.4 Å². The molecule has 6 rings (SSSR count). The quantitative estimate of drug-likeness (QED) is 0.474. The third-order valence-corrected chi connectivity index (χ3v) is 7.96. The largest absolute Gasteiger partial charge is 0.310 e. The van der Waals surface area contributed by atoms with Gasteiger partial charge < -0.3 is 10.6 Å². The first-order valence-electron chi connectivity index (χ1n) is 13.9. The van der Waals surface area contributed by atoms with Gasteiger partial charge in [-0.2, -0.15) is 0 Å². The smallest absolute Gasteiger partial charge is 0.197 e. The van der Waals surface area contributed by atoms with Gasteiger partial charge >= 0.3 is 0 Å². The Morgan fingerprint density at radius 3 is 1.45 bits per heavy atom. The van der Waals surface area contributed by atoms with Crippen LogP contribution in [0.4, 0.5) is 0 Å². The van der Waals surface area contributed by atoms with Crippen LogP contribution in [-0.4, -0.2) is 91.4 Å². The number of rotatable bonds is 10. The van der Waals surface area contributed by atoms with Crippen molar-refractivity contribution in [1.82, 2.24) is 20.4 Å². The molecule has 13 heteroatoms. The highest BCUT2D eigenvalue weighted by molar-refractivity contribution is 5.91. The van der Waals surface area contributed by atoms with Crippen LogP contribution in [0.25, 0.3) is 0 Å². The van der Waals surface area contributed by atoms with Crippen LogP contribution in [0.1, 0.15) is 11.1 Å². The van der Waals surface area contributed by atoms with E-state index in [1.165, 1.54) is 11.1 Å². The van der Waals surface area contributed by atoms with Gasteiger partial charge in [-0.25, -0.2) is 0 Å². The average Bonchev–Trinajstić information content (AvgIpc) is 3.69. The van der Waals surface area contributed by atoms with Crippen molar-refractivity contribution in [3.05, 3.63) is 71.8 Å². The van der Waals surface area contributed by atoms with E-state index in [-0.39, 0.29) is 17.9 Å². The number of Topliss-reactive ketones (excluding diaryl/α,β-unsaturated/α-hetero) is 1. The van der Waals surface area contributed by atoms with Gasteiger partial charge in [0.2, 0.25) is 0 Å². The molecule has 2 saturated heterocycles. The number of nitrogens with one attached hydrogen (secondary N) is 2. The SMILES string of the molecule is O=C(C1[C@H](Cc2ccccc2)NCCN1CC1N=NN=N1)C1[C@H](Cc2ccccc2)NCCN1CC1N=NN=N1. The maximum Gasteiger partial charge on any atom is 0.197 e. The predicted molar refractivity (Wildman–Crippen MR) is 147 cm³/mol. The summed E-state index contributed by atoms with van der Waals surface area (Å²) in [5, 5.41) is 38.8. The number of benzene rings is 2. The first-order chi connectivity index (χ1) is 19.7. The van der Waals surface area contributed by atoms with Crippen molar-refractivity contribution < 1.29 is 4.79 Å². The van der Waals surface area contributed by atoms with Crippen molar-refractivity contribution in [1.29, 1.82) is 0 Å². The summed E-state index contributed by atoms with van der Waals surface area (Å²) in [6, 6.07) is 19.7. The van der Waals surface area contributed by atoms with Crippen molar-refractivity contribution >= 4 is 5.78 Å². The zero-order valence-corrected chi connectivity index (χ0v) is 22.3. The maximum absolute atomic E-state index is 14.9. The molecule has 208 valence electrons. The summed E-state index contributed by atoms with van der Waals surface area (Å²) in [6.45, 7) is 3.93. The Morgan fingerprint density at radius 1 is 0.650 bits per heavy atom. The number of nitrogens with zero attached hydrogens (tertiary/aromatic N) is 10. The molecule has 4 atom stereocenters. The van der Waals surface area contributed by atoms with E-state index in [0.717, 1.165) is 25.9 Å². The standard InChI is InChI=1S/C27H34N12O/c40-27(25-21(15-19-7-3-1-4-8-19)28-11-13-38(25)17-23-30-34-35-31-23)26-22(16-20-9-5-2-6-10-20)29-12-14-39(26)18-24-32-36-37-33-24/h1-10,21-26,28-29H,11-18H2/t21-,22-,25?,26?/m0/s1. The van der Waals surface area contributed by atoms with Gasteiger partial charge in [-0.15, -0.1) is 20.5 Å². The Labute approximate surface area is 232 Å². The molecule has 40 heavy (non-hydrogen) atoms. The molecule has 0 bridgehead atoms. The van der Waals surface area contributed by atoms with Gasteiger partial charge in [0, 0.05) is 51.4 Å². The van der Waals surface area contributed by atoms with Gasteiger partial charge in [-0.1, -0.05) is 60.7 Å². The third-order valence-electron chi connectivity index (χ3n) is 7.96. The second-order valence-electron chi connectivity index (χ2n) is 10.6. The molecule has 2 aromatic rings. The minimum Gasteiger partial charge on any atom is -0.310 e. The monoisotopic (exact) mass is 542 g/mol. The fraction of sp³-hybridized carbons (Fsp3) is 0.519. The lowest BCUT2D eigenvalue weighted by Crippen LogP contribution is -2.70. The minimum atomic E-state index is -0.397. The molecule has 2 N–H and O–H groups in total. The molecule has 0 aliphatic carbocycles. The van der Waals surface area contributed by atoms with E-state index in [2.05, 4.69) is 86.0 Å². The summed E-state index contributed by atoms with van der Waals surface area (Å²) in [5.74, 6) is 0.167. The summed E-state index contributed by atoms with van der Waals surface area (Å²) >= 11 is 0. The predicted octanol–water partition coefficient (Wildman–Crippen LogP) is 2.64. The molecule has 0 saturated carbocycles. The average molecular weight is 543 g/mol. The fourth-order valence-electron chi connectivity index (χ4n) is 6.18. The Morgan fingerprint density at radius 2 is 1.05 bits per heavy atom. The van der Waals surface area contributed by atoms with Crippen LogP contribution in [0.2, 0.25) is 0 Å². The molecule has 2 fully saturated rings. The number of hydrogen-bond donors (Lipinski definition) is 2. The lowest BCUT2D eigenvalue weighted by Gasteiger charge is -2.47. The molecular weight excluding hydrogens is 508 g/mol. The fourth-order valence-corrected chi connectivity index (χ4v) is 6.18. The minimum absolute atomic E-state index is 0.0778. The normalized spacial score (nSPS) is 27.6. The van der Waals surface area contributed by atoms with Gasteiger partial charge in [0.15, 0.2) is 18.1 Å². The molecule has 4 heterocycles. The van der Waals surface area contributed by atoms with E-state index >= 15 is 0 Å². The first kappa shape index (κ1) is 26.6. The Hall–Kier alpha value is -3.65. The highest BCUT2D eigenvalue weighted by Crippen LogP contribution is 2.25. The van der Waals surface area contributed by atoms with Crippen molar-refractivity contribution in [3.63, 3.8) is 0 Å². The van der Waals surface area contributed by atoms with Crippen LogP contribution < -0.4 is 10.6 Å². The number of carbonyl (C=O) groups excluding carboxylic acids is 1. The number of ketones is 1. The highest BCUT2D eigenvalue weighted by Gasteiger charge is 2.46. The highest BCUT2D eigenvalue weighted by atomic mass is 16.1. The molecule has 0 aromatic heterocycles. The zero-order chi connectivity index (χ0) is 27.1. The van der Waals surface area contributed by atoms with Gasteiger partial charge in [0.1, 0.15) is 0 Å². The van der Waals surface area contributed by atoms with Crippen LogP contribution in [0.15, 0.2) is 102 Å². The van der Waals surface area contributed by atoms with Gasteiger partial charge in [0.05, 0.1) is 12.1 Å². The van der Waals surface area contributed by atoms with Crippen molar-refractivity contribution in [3.8, 4) is 0 Å². The van der Waals surface area contributed by atoms with Gasteiger partial charge in [-0.3, -0.25) is 14.6 Å².